The van der Waals surface area contributed by atoms with E-state index in [0.29, 0.717) is 0 Å². The first kappa shape index (κ1) is 23.6. The Bertz CT molecular complexity index is 150. The van der Waals surface area contributed by atoms with Gasteiger partial charge in [-0.25, -0.2) is 15.1 Å². The first-order valence-electron chi connectivity index (χ1n) is 2.32. The van der Waals surface area contributed by atoms with Crippen molar-refractivity contribution in [2.75, 3.05) is 0 Å². The van der Waals surface area contributed by atoms with Crippen molar-refractivity contribution in [3.05, 3.63) is 0 Å². The van der Waals surface area contributed by atoms with E-state index in [1.807, 2.05) is 0 Å². The zero-order valence-corrected chi connectivity index (χ0v) is 6.82. The summed E-state index contributed by atoms with van der Waals surface area (Å²) in [6, 6.07) is 0. The van der Waals surface area contributed by atoms with Gasteiger partial charge in [0.15, 0.2) is 0 Å². The fourth-order valence-electron chi connectivity index (χ4n) is 0.0149. The summed E-state index contributed by atoms with van der Waals surface area (Å²) in [5.41, 5.74) is 0. The minimum absolute atomic E-state index is 0. The molecule has 0 unspecified atom stereocenters. The Morgan fingerprint density at radius 3 is 1.31 bits per heavy atom. The Balaban J connectivity index is -0.0000000600. The van der Waals surface area contributed by atoms with Gasteiger partial charge >= 0.3 is 45.5 Å². The van der Waals surface area contributed by atoms with Crippen LogP contribution in [0.5, 0.6) is 0 Å². The first-order chi connectivity index (χ1) is 4.85. The second kappa shape index (κ2) is 12.9. The van der Waals surface area contributed by atoms with Gasteiger partial charge in [0.05, 0.1) is 0 Å². The van der Waals surface area contributed by atoms with Gasteiger partial charge < -0.3 is 4.79 Å². The summed E-state index contributed by atoms with van der Waals surface area (Å²) < 4.78 is 15.0. The summed E-state index contributed by atoms with van der Waals surface area (Å²) in [7, 11) is -4.54. The van der Waals surface area contributed by atoms with E-state index in [-0.39, 0.29) is 43.5 Å². The van der Waals surface area contributed by atoms with E-state index in [9.17, 15) is 9.36 Å². The number of ketones is 1. The normalized spacial score (nSPS) is 8.38. The van der Waals surface area contributed by atoms with Gasteiger partial charge in [-0.3, -0.25) is 4.89 Å². The molecule has 0 aliphatic heterocycles. The molecule has 0 aromatic carbocycles. The Morgan fingerprint density at radius 2 is 1.31 bits per heavy atom. The van der Waals surface area contributed by atoms with E-state index < -0.39 is 7.82 Å². The van der Waals surface area contributed by atoms with E-state index in [1.165, 1.54) is 13.8 Å². The summed E-state index contributed by atoms with van der Waals surface area (Å²) in [5.74, 6) is 0.167. The van der Waals surface area contributed by atoms with Crippen molar-refractivity contribution >= 4 is 51.3 Å². The van der Waals surface area contributed by atoms with Gasteiger partial charge in [0.1, 0.15) is 5.78 Å². The summed E-state index contributed by atoms with van der Waals surface area (Å²) in [4.78, 5) is 17.2. The summed E-state index contributed by atoms with van der Waals surface area (Å²) in [6.07, 6.45) is 0. The van der Waals surface area contributed by atoms with Crippen LogP contribution in [0.3, 0.4) is 0 Å². The van der Waals surface area contributed by atoms with Crippen LogP contribution in [-0.4, -0.2) is 58.9 Å². The Kier molecular flexibility index (Phi) is 23.4. The number of hydrogen-bond donors (Lipinski definition) is 3. The molecule has 0 radical (unpaired) electrons. The molecule has 0 bridgehead atoms. The summed E-state index contributed by atoms with van der Waals surface area (Å²) >= 11 is 0. The fraction of sp³-hybridized carbons (Fsp3) is 0.667. The molecule has 0 saturated carbocycles. The molecule has 3 N–H and O–H groups in total. The van der Waals surface area contributed by atoms with Crippen LogP contribution in [0.25, 0.3) is 0 Å². The van der Waals surface area contributed by atoms with Crippen LogP contribution in [0.4, 0.5) is 0 Å². The third kappa shape index (κ3) is 32.2. The fourth-order valence-corrected chi connectivity index (χ4v) is 0.0447. The molecule has 0 aliphatic rings. The second-order valence-electron chi connectivity index (χ2n) is 1.54. The molecular weight excluding hydrogens is 193 g/mol. The van der Waals surface area contributed by atoms with Crippen LogP contribution < -0.4 is 0 Å². The molecule has 0 aromatic rings. The molecule has 7 nitrogen and oxygen atoms in total. The van der Waals surface area contributed by atoms with Gasteiger partial charge in [-0.05, 0) is 13.8 Å². The molecule has 0 atom stereocenters. The molecule has 0 aliphatic carbocycles. The number of phosphoric acid groups is 1. The number of carbonyl (C=O) groups is 1. The van der Waals surface area contributed by atoms with E-state index in [4.69, 9.17) is 15.4 Å². The minimum atomic E-state index is -4.54. The predicted molar refractivity (Wildman–Crippen MR) is 47.9 cm³/mol. The Labute approximate surface area is 99.2 Å². The number of rotatable bonds is 2. The van der Waals surface area contributed by atoms with Crippen molar-refractivity contribution in [1.29, 1.82) is 0 Å². The molecular formula is C3H11Li2O7P. The van der Waals surface area contributed by atoms with Crippen molar-refractivity contribution in [1.82, 2.24) is 0 Å². The maximum atomic E-state index is 9.56. The third-order valence-corrected chi connectivity index (χ3v) is 0.619. The van der Waals surface area contributed by atoms with Gasteiger partial charge in [-0.2, -0.15) is 0 Å². The van der Waals surface area contributed by atoms with Gasteiger partial charge in [-0.15, -0.1) is 9.35 Å². The van der Waals surface area contributed by atoms with Gasteiger partial charge in [0.2, 0.25) is 0 Å². The average Bonchev–Trinajstić information content (AvgIpc) is 1.87. The number of Topliss-reactive ketones (excluding diaryl/α,β-unsaturated/α-hetero) is 1. The van der Waals surface area contributed by atoms with E-state index in [1.54, 1.807) is 0 Å². The molecule has 0 saturated heterocycles. The first-order valence-corrected chi connectivity index (χ1v) is 3.81. The van der Waals surface area contributed by atoms with Crippen LogP contribution in [0, 0.1) is 0 Å². The maximum absolute atomic E-state index is 9.56. The number of hydrogen-bond acceptors (Lipinski definition) is 6. The molecule has 10 heteroatoms. The van der Waals surface area contributed by atoms with Gasteiger partial charge in [0.25, 0.3) is 0 Å². The predicted octanol–water partition coefficient (Wildman–Crippen LogP) is -0.636. The summed E-state index contributed by atoms with van der Waals surface area (Å²) in [6.45, 7) is 3.06. The molecule has 0 heterocycles. The molecule has 0 spiro atoms. The zero-order chi connectivity index (χ0) is 9.49. The molecule has 0 aromatic heterocycles. The molecule has 0 rings (SSSR count). The Morgan fingerprint density at radius 1 is 1.15 bits per heavy atom. The van der Waals surface area contributed by atoms with E-state index >= 15 is 0 Å². The number of carbonyl (C=O) groups excluding carboxylic acids is 1. The molecule has 13 heavy (non-hydrogen) atoms. The van der Waals surface area contributed by atoms with E-state index in [0.717, 1.165) is 0 Å². The molecule has 72 valence electrons. The van der Waals surface area contributed by atoms with Crippen molar-refractivity contribution in [3.8, 4) is 0 Å². The average molecular weight is 204 g/mol. The zero-order valence-electron chi connectivity index (χ0n) is 5.92. The quantitative estimate of drug-likeness (QED) is 0.237. The monoisotopic (exact) mass is 204 g/mol. The topological polar surface area (TPSA) is 113 Å². The van der Waals surface area contributed by atoms with Crippen LogP contribution in [0.15, 0.2) is 0 Å². The van der Waals surface area contributed by atoms with Crippen molar-refractivity contribution in [3.63, 3.8) is 0 Å². The van der Waals surface area contributed by atoms with Crippen molar-refractivity contribution in [2.24, 2.45) is 0 Å². The van der Waals surface area contributed by atoms with Crippen LogP contribution >= 0.6 is 7.82 Å². The second-order valence-corrected chi connectivity index (χ2v) is 2.80. The molecule has 0 fully saturated rings. The summed E-state index contributed by atoms with van der Waals surface area (Å²) in [5, 5.41) is 14.6. The SMILES string of the molecule is CC(C)=O.O=P(O)(OO)OO.[LiH].[LiH]. The van der Waals surface area contributed by atoms with Gasteiger partial charge in [-0.1, -0.05) is 0 Å². The van der Waals surface area contributed by atoms with Crippen molar-refractivity contribution < 1.29 is 34.1 Å². The standard InChI is InChI=1S/C3H6O.2Li.H3O6P.2H/c1-3(2)4;;;1-5-7(3,4)6-2;;/h1-2H3;;;1-2H,(H,3,4);;. The Hall–Kier alpha value is 0.895. The van der Waals surface area contributed by atoms with E-state index in [2.05, 4.69) is 9.35 Å². The van der Waals surface area contributed by atoms with Crippen LogP contribution in [0.1, 0.15) is 13.8 Å². The molecule has 0 amide bonds. The van der Waals surface area contributed by atoms with Crippen molar-refractivity contribution in [2.45, 2.75) is 13.8 Å². The van der Waals surface area contributed by atoms with Crippen LogP contribution in [-0.2, 0) is 18.7 Å². The van der Waals surface area contributed by atoms with Gasteiger partial charge in [0, 0.05) is 0 Å². The third-order valence-electron chi connectivity index (χ3n) is 0.206. The van der Waals surface area contributed by atoms with Crippen LogP contribution in [0.2, 0.25) is 0 Å².